The van der Waals surface area contributed by atoms with Crippen LogP contribution >= 0.6 is 33.9 Å². The molecule has 0 amide bonds. The lowest BCUT2D eigenvalue weighted by molar-refractivity contribution is 1.04. The monoisotopic (exact) mass is 443 g/mol. The van der Waals surface area contributed by atoms with Gasteiger partial charge in [0.05, 0.1) is 22.5 Å². The molecule has 0 bridgehead atoms. The topological polar surface area (TPSA) is 30.7 Å². The van der Waals surface area contributed by atoms with Crippen LogP contribution in [0.1, 0.15) is 5.69 Å². The van der Waals surface area contributed by atoms with Gasteiger partial charge in [0.25, 0.3) is 0 Å². The molecule has 0 unspecified atom stereocenters. The van der Waals surface area contributed by atoms with Crippen LogP contribution in [0.5, 0.6) is 0 Å². The number of halogens is 1. The fourth-order valence-electron chi connectivity index (χ4n) is 2.53. The minimum atomic E-state index is 0.931. The summed E-state index contributed by atoms with van der Waals surface area (Å²) in [5.41, 5.74) is 4.11. The van der Waals surface area contributed by atoms with Crippen molar-refractivity contribution in [1.29, 1.82) is 0 Å². The number of hydrogen-bond acceptors (Lipinski definition) is 3. The molecule has 0 N–H and O–H groups in total. The van der Waals surface area contributed by atoms with Crippen LogP contribution in [0.15, 0.2) is 66.3 Å². The Morgan fingerprint density at radius 1 is 1.04 bits per heavy atom. The number of imidazole rings is 1. The quantitative estimate of drug-likeness (QED) is 0.388. The number of benzene rings is 1. The average Bonchev–Trinajstić information content (AvgIpc) is 3.26. The molecule has 0 atom stereocenters. The first-order chi connectivity index (χ1) is 11.7. The predicted octanol–water partition coefficient (Wildman–Crippen LogP) is 5.58. The van der Waals surface area contributed by atoms with E-state index in [1.807, 2.05) is 19.2 Å². The van der Waals surface area contributed by atoms with Gasteiger partial charge in [0.15, 0.2) is 0 Å². The van der Waals surface area contributed by atoms with Crippen molar-refractivity contribution in [1.82, 2.24) is 14.5 Å². The molecule has 0 saturated heterocycles. The van der Waals surface area contributed by atoms with Gasteiger partial charge < -0.3 is 0 Å². The zero-order chi connectivity index (χ0) is 16.5. The van der Waals surface area contributed by atoms with E-state index in [9.17, 15) is 0 Å². The lowest BCUT2D eigenvalue weighted by Crippen LogP contribution is -1.97. The summed E-state index contributed by atoms with van der Waals surface area (Å²) in [6, 6.07) is 16.7. The zero-order valence-corrected chi connectivity index (χ0v) is 16.0. The van der Waals surface area contributed by atoms with Crippen LogP contribution in [-0.4, -0.2) is 14.5 Å². The molecule has 3 aromatic heterocycles. The van der Waals surface area contributed by atoms with Crippen LogP contribution in [0.3, 0.4) is 0 Å². The number of aromatic nitrogens is 3. The molecule has 3 nitrogen and oxygen atoms in total. The van der Waals surface area contributed by atoms with Crippen molar-refractivity contribution >= 4 is 33.9 Å². The van der Waals surface area contributed by atoms with Crippen molar-refractivity contribution in [2.24, 2.45) is 0 Å². The molecule has 3 heterocycles. The molecule has 4 aromatic rings. The Labute approximate surface area is 158 Å². The summed E-state index contributed by atoms with van der Waals surface area (Å²) in [6.07, 6.45) is 3.98. The maximum atomic E-state index is 4.89. The first-order valence-corrected chi connectivity index (χ1v) is 9.49. The van der Waals surface area contributed by atoms with Gasteiger partial charge in [0, 0.05) is 21.0 Å². The van der Waals surface area contributed by atoms with Crippen LogP contribution < -0.4 is 0 Å². The number of nitrogens with zero attached hydrogens (tertiary/aromatic N) is 3. The van der Waals surface area contributed by atoms with Gasteiger partial charge >= 0.3 is 0 Å². The zero-order valence-electron chi connectivity index (χ0n) is 13.0. The van der Waals surface area contributed by atoms with Crippen molar-refractivity contribution in [3.05, 3.63) is 75.6 Å². The SMILES string of the molecule is Cc1ccc(-n2cc(-c3cccs3)nc2-c2ccc(I)cc2)cn1. The van der Waals surface area contributed by atoms with Gasteiger partial charge in [0.2, 0.25) is 0 Å². The van der Waals surface area contributed by atoms with Gasteiger partial charge in [-0.3, -0.25) is 9.55 Å². The van der Waals surface area contributed by atoms with Gasteiger partial charge in [-0.1, -0.05) is 18.2 Å². The Bertz CT molecular complexity index is 892. The molecule has 0 spiro atoms. The first-order valence-electron chi connectivity index (χ1n) is 7.53. The molecule has 1 aromatic carbocycles. The second-order valence-electron chi connectivity index (χ2n) is 5.46. The third kappa shape index (κ3) is 3.01. The minimum Gasteiger partial charge on any atom is -0.298 e. The van der Waals surface area contributed by atoms with E-state index >= 15 is 0 Å². The Hall–Kier alpha value is -1.99. The number of rotatable bonds is 3. The Morgan fingerprint density at radius 2 is 1.88 bits per heavy atom. The second-order valence-corrected chi connectivity index (χ2v) is 7.66. The molecule has 0 aliphatic carbocycles. The average molecular weight is 443 g/mol. The lowest BCUT2D eigenvalue weighted by Gasteiger charge is -2.07. The lowest BCUT2D eigenvalue weighted by atomic mass is 10.2. The van der Waals surface area contributed by atoms with Crippen LogP contribution in [0, 0.1) is 10.5 Å². The summed E-state index contributed by atoms with van der Waals surface area (Å²) in [7, 11) is 0. The molecule has 0 aliphatic rings. The molecule has 24 heavy (non-hydrogen) atoms. The van der Waals surface area contributed by atoms with Crippen molar-refractivity contribution < 1.29 is 0 Å². The van der Waals surface area contributed by atoms with E-state index in [1.165, 1.54) is 8.45 Å². The number of aryl methyl sites for hydroxylation is 1. The summed E-state index contributed by atoms with van der Waals surface area (Å²) in [6.45, 7) is 1.99. The summed E-state index contributed by atoms with van der Waals surface area (Å²) in [5.74, 6) is 0.931. The van der Waals surface area contributed by atoms with E-state index in [0.29, 0.717) is 0 Å². The molecule has 0 aliphatic heterocycles. The fraction of sp³-hybridized carbons (Fsp3) is 0.0526. The highest BCUT2D eigenvalue weighted by Gasteiger charge is 2.14. The third-order valence-electron chi connectivity index (χ3n) is 3.76. The molecule has 0 fully saturated rings. The number of hydrogen-bond donors (Lipinski definition) is 0. The highest BCUT2D eigenvalue weighted by Crippen LogP contribution is 2.30. The van der Waals surface area contributed by atoms with Crippen LogP contribution in [-0.2, 0) is 0 Å². The van der Waals surface area contributed by atoms with Crippen LogP contribution in [0.25, 0.3) is 27.6 Å². The van der Waals surface area contributed by atoms with E-state index in [0.717, 1.165) is 28.5 Å². The maximum Gasteiger partial charge on any atom is 0.145 e. The maximum absolute atomic E-state index is 4.89. The highest BCUT2D eigenvalue weighted by molar-refractivity contribution is 14.1. The summed E-state index contributed by atoms with van der Waals surface area (Å²) < 4.78 is 3.33. The summed E-state index contributed by atoms with van der Waals surface area (Å²) >= 11 is 4.02. The van der Waals surface area contributed by atoms with Gasteiger partial charge in [-0.25, -0.2) is 4.98 Å². The summed E-state index contributed by atoms with van der Waals surface area (Å²) in [5, 5.41) is 2.08. The fourth-order valence-corrected chi connectivity index (χ4v) is 3.56. The molecule has 4 rings (SSSR count). The first kappa shape index (κ1) is 15.5. The normalized spacial score (nSPS) is 10.9. The van der Waals surface area contributed by atoms with Gasteiger partial charge in [-0.2, -0.15) is 0 Å². The molecular weight excluding hydrogens is 429 g/mol. The molecular formula is C19H14IN3S. The second kappa shape index (κ2) is 6.49. The van der Waals surface area contributed by atoms with Crippen molar-refractivity contribution in [2.75, 3.05) is 0 Å². The standard InChI is InChI=1S/C19H14IN3S/c1-13-4-9-16(11-21-13)23-12-17(18-3-2-10-24-18)22-19(23)14-5-7-15(20)8-6-14/h2-12H,1H3. The third-order valence-corrected chi connectivity index (χ3v) is 5.37. The summed E-state index contributed by atoms with van der Waals surface area (Å²) in [4.78, 5) is 10.5. The van der Waals surface area contributed by atoms with Crippen LogP contribution in [0.2, 0.25) is 0 Å². The Morgan fingerprint density at radius 3 is 2.54 bits per heavy atom. The van der Waals surface area contributed by atoms with E-state index in [-0.39, 0.29) is 0 Å². The van der Waals surface area contributed by atoms with E-state index < -0.39 is 0 Å². The van der Waals surface area contributed by atoms with Crippen molar-refractivity contribution in [3.8, 4) is 27.6 Å². The van der Waals surface area contributed by atoms with Crippen LogP contribution in [0.4, 0.5) is 0 Å². The van der Waals surface area contributed by atoms with Gasteiger partial charge in [0.1, 0.15) is 5.82 Å². The smallest absolute Gasteiger partial charge is 0.145 e. The number of pyridine rings is 1. The molecule has 118 valence electrons. The minimum absolute atomic E-state index is 0.931. The van der Waals surface area contributed by atoms with Crippen molar-refractivity contribution in [2.45, 2.75) is 6.92 Å². The van der Waals surface area contributed by atoms with E-state index in [2.05, 4.69) is 86.2 Å². The highest BCUT2D eigenvalue weighted by atomic mass is 127. The molecule has 0 saturated carbocycles. The number of thiophene rings is 1. The molecule has 5 heteroatoms. The van der Waals surface area contributed by atoms with E-state index in [4.69, 9.17) is 4.98 Å². The van der Waals surface area contributed by atoms with Gasteiger partial charge in [-0.05, 0) is 65.2 Å². The largest absolute Gasteiger partial charge is 0.298 e. The van der Waals surface area contributed by atoms with Crippen molar-refractivity contribution in [3.63, 3.8) is 0 Å². The van der Waals surface area contributed by atoms with E-state index in [1.54, 1.807) is 11.3 Å². The Balaban J connectivity index is 1.89. The predicted molar refractivity (Wildman–Crippen MR) is 108 cm³/mol. The Kier molecular flexibility index (Phi) is 4.20. The molecule has 0 radical (unpaired) electrons. The van der Waals surface area contributed by atoms with Gasteiger partial charge in [-0.15, -0.1) is 11.3 Å².